The van der Waals surface area contributed by atoms with E-state index in [0.29, 0.717) is 35.8 Å². The summed E-state index contributed by atoms with van der Waals surface area (Å²) in [6.45, 7) is 8.70. The fourth-order valence-corrected chi connectivity index (χ4v) is 3.85. The number of hydrogen-bond acceptors (Lipinski definition) is 6. The van der Waals surface area contributed by atoms with Gasteiger partial charge in [-0.2, -0.15) is 0 Å². The van der Waals surface area contributed by atoms with Crippen molar-refractivity contribution in [2.24, 2.45) is 0 Å². The molecule has 0 saturated carbocycles. The van der Waals surface area contributed by atoms with E-state index < -0.39 is 5.97 Å². The lowest BCUT2D eigenvalue weighted by Crippen LogP contribution is -2.16. The van der Waals surface area contributed by atoms with Crippen molar-refractivity contribution < 1.29 is 28.6 Å². The summed E-state index contributed by atoms with van der Waals surface area (Å²) in [5, 5.41) is 0. The molecule has 0 radical (unpaired) electrons. The zero-order valence-electron chi connectivity index (χ0n) is 18.5. The number of hydrogen-bond donors (Lipinski definition) is 0. The summed E-state index contributed by atoms with van der Waals surface area (Å²) in [4.78, 5) is 37.0. The zero-order valence-corrected chi connectivity index (χ0v) is 18.5. The number of rotatable bonds is 8. The molecule has 0 fully saturated rings. The van der Waals surface area contributed by atoms with Gasteiger partial charge < -0.3 is 18.8 Å². The average Bonchev–Trinajstić information content (AvgIpc) is 2.90. The van der Waals surface area contributed by atoms with Crippen LogP contribution in [-0.4, -0.2) is 41.9 Å². The summed E-state index contributed by atoms with van der Waals surface area (Å²) in [6, 6.07) is 7.06. The van der Waals surface area contributed by atoms with Gasteiger partial charge in [0.1, 0.15) is 0 Å². The van der Waals surface area contributed by atoms with Crippen molar-refractivity contribution in [3.8, 4) is 11.5 Å². The molecule has 0 spiro atoms. The molecule has 1 aliphatic rings. The van der Waals surface area contributed by atoms with E-state index in [1.54, 1.807) is 18.2 Å². The van der Waals surface area contributed by atoms with Crippen molar-refractivity contribution >= 4 is 17.5 Å². The molecule has 1 aromatic carbocycles. The monoisotopic (exact) mass is 427 g/mol. The Balaban J connectivity index is 1.51. The maximum absolute atomic E-state index is 12.5. The van der Waals surface area contributed by atoms with Crippen molar-refractivity contribution in [3.63, 3.8) is 0 Å². The minimum Gasteiger partial charge on any atom is -0.490 e. The van der Waals surface area contributed by atoms with E-state index in [2.05, 4.69) is 18.4 Å². The summed E-state index contributed by atoms with van der Waals surface area (Å²) in [5.74, 6) is 0.134. The number of ether oxygens (including phenoxy) is 3. The largest absolute Gasteiger partial charge is 0.490 e. The van der Waals surface area contributed by atoms with Gasteiger partial charge in [-0.05, 0) is 52.0 Å². The van der Waals surface area contributed by atoms with Crippen molar-refractivity contribution in [2.75, 3.05) is 19.8 Å². The number of fused-ring (bicyclic) bond motifs is 1. The normalized spacial score (nSPS) is 13.1. The summed E-state index contributed by atoms with van der Waals surface area (Å²) in [7, 11) is 0. The quantitative estimate of drug-likeness (QED) is 0.463. The Hall–Kier alpha value is -3.09. The molecular formula is C24H29NO6. The highest BCUT2D eigenvalue weighted by Crippen LogP contribution is 2.31. The van der Waals surface area contributed by atoms with Gasteiger partial charge in [-0.3, -0.25) is 14.4 Å². The van der Waals surface area contributed by atoms with Crippen LogP contribution in [0.5, 0.6) is 11.5 Å². The summed E-state index contributed by atoms with van der Waals surface area (Å²) < 4.78 is 18.4. The van der Waals surface area contributed by atoms with Crippen LogP contribution >= 0.6 is 0 Å². The van der Waals surface area contributed by atoms with Gasteiger partial charge in [0.2, 0.25) is 5.78 Å². The number of esters is 1. The van der Waals surface area contributed by atoms with E-state index in [0.717, 1.165) is 17.8 Å². The smallest absolute Gasteiger partial charge is 0.306 e. The van der Waals surface area contributed by atoms with Gasteiger partial charge in [0.05, 0.1) is 19.6 Å². The molecule has 0 atom stereocenters. The van der Waals surface area contributed by atoms with Crippen molar-refractivity contribution in [3.05, 3.63) is 46.8 Å². The van der Waals surface area contributed by atoms with Crippen LogP contribution in [0.25, 0.3) is 0 Å². The van der Waals surface area contributed by atoms with Crippen molar-refractivity contribution in [1.29, 1.82) is 0 Å². The molecule has 0 amide bonds. The maximum atomic E-state index is 12.5. The molecule has 0 saturated heterocycles. The lowest BCUT2D eigenvalue weighted by Gasteiger charge is -2.13. The third kappa shape index (κ3) is 5.34. The van der Waals surface area contributed by atoms with Gasteiger partial charge in [0, 0.05) is 41.4 Å². The Labute approximate surface area is 182 Å². The summed E-state index contributed by atoms with van der Waals surface area (Å²) in [5.41, 5.74) is 2.86. The average molecular weight is 427 g/mol. The first-order chi connectivity index (χ1) is 14.8. The number of nitrogens with zero attached hydrogens (tertiary/aromatic N) is 1. The van der Waals surface area contributed by atoms with Gasteiger partial charge >= 0.3 is 5.97 Å². The van der Waals surface area contributed by atoms with E-state index >= 15 is 0 Å². The van der Waals surface area contributed by atoms with Crippen LogP contribution in [0.1, 0.15) is 71.3 Å². The van der Waals surface area contributed by atoms with Crippen LogP contribution in [0.15, 0.2) is 24.3 Å². The summed E-state index contributed by atoms with van der Waals surface area (Å²) >= 11 is 0. The van der Waals surface area contributed by atoms with Crippen LogP contribution in [-0.2, 0) is 9.53 Å². The standard InChI is InChI=1S/C24H29NO6/c1-15(2)25-16(3)12-19(17(25)4)21(27)14-31-24(28)9-7-20(26)18-6-8-22-23(13-18)30-11-5-10-29-22/h6,8,12-13,15H,5,7,9-11,14H2,1-4H3. The first-order valence-corrected chi connectivity index (χ1v) is 10.6. The minimum absolute atomic E-state index is 0.00543. The molecule has 7 heteroatoms. The Bertz CT molecular complexity index is 988. The second-order valence-electron chi connectivity index (χ2n) is 7.97. The molecule has 3 rings (SSSR count). The van der Waals surface area contributed by atoms with Crippen LogP contribution < -0.4 is 9.47 Å². The molecule has 166 valence electrons. The van der Waals surface area contributed by atoms with Crippen LogP contribution in [0.4, 0.5) is 0 Å². The van der Waals surface area contributed by atoms with Crippen LogP contribution in [0.2, 0.25) is 0 Å². The third-order valence-electron chi connectivity index (χ3n) is 5.29. The molecule has 0 aliphatic carbocycles. The molecule has 1 aromatic heterocycles. The lowest BCUT2D eigenvalue weighted by molar-refractivity contribution is -0.142. The first-order valence-electron chi connectivity index (χ1n) is 10.6. The number of carbonyl (C=O) groups is 3. The number of benzene rings is 1. The highest BCUT2D eigenvalue weighted by atomic mass is 16.5. The van der Waals surface area contributed by atoms with Gasteiger partial charge in [-0.1, -0.05) is 0 Å². The number of carbonyl (C=O) groups excluding carboxylic acids is 3. The van der Waals surface area contributed by atoms with Crippen LogP contribution in [0.3, 0.4) is 0 Å². The molecule has 0 N–H and O–H groups in total. The molecular weight excluding hydrogens is 398 g/mol. The van der Waals surface area contributed by atoms with E-state index in [1.165, 1.54) is 0 Å². The molecule has 31 heavy (non-hydrogen) atoms. The molecule has 0 unspecified atom stereocenters. The van der Waals surface area contributed by atoms with Crippen LogP contribution in [0, 0.1) is 13.8 Å². The second-order valence-corrected chi connectivity index (χ2v) is 7.97. The molecule has 2 heterocycles. The van der Waals surface area contributed by atoms with Crippen molar-refractivity contribution in [1.82, 2.24) is 4.57 Å². The highest BCUT2D eigenvalue weighted by Gasteiger charge is 2.19. The predicted octanol–water partition coefficient (Wildman–Crippen LogP) is 4.24. The van der Waals surface area contributed by atoms with Crippen molar-refractivity contribution in [2.45, 2.75) is 53.0 Å². The topological polar surface area (TPSA) is 83.8 Å². The Morgan fingerprint density at radius 2 is 1.71 bits per heavy atom. The van der Waals surface area contributed by atoms with Gasteiger partial charge in [0.25, 0.3) is 0 Å². The lowest BCUT2D eigenvalue weighted by atomic mass is 10.1. The molecule has 0 bridgehead atoms. The third-order valence-corrected chi connectivity index (χ3v) is 5.29. The minimum atomic E-state index is -0.575. The molecule has 1 aliphatic heterocycles. The molecule has 2 aromatic rings. The first kappa shape index (κ1) is 22.6. The number of Topliss-reactive ketones (excluding diaryl/α,β-unsaturated/α-hetero) is 2. The van der Waals surface area contributed by atoms with E-state index in [1.807, 2.05) is 19.9 Å². The SMILES string of the molecule is Cc1cc(C(=O)COC(=O)CCC(=O)c2ccc3c(c2)OCCCO3)c(C)n1C(C)C. The van der Waals surface area contributed by atoms with E-state index in [-0.39, 0.29) is 37.1 Å². The fourth-order valence-electron chi connectivity index (χ4n) is 3.85. The van der Waals surface area contributed by atoms with E-state index in [4.69, 9.17) is 14.2 Å². The zero-order chi connectivity index (χ0) is 22.5. The fraction of sp³-hybridized carbons (Fsp3) is 0.458. The van der Waals surface area contributed by atoms with Gasteiger partial charge in [0.15, 0.2) is 23.9 Å². The Kier molecular flexibility index (Phi) is 7.15. The second kappa shape index (κ2) is 9.81. The number of ketones is 2. The van der Waals surface area contributed by atoms with E-state index in [9.17, 15) is 14.4 Å². The maximum Gasteiger partial charge on any atom is 0.306 e. The Morgan fingerprint density at radius 3 is 2.39 bits per heavy atom. The Morgan fingerprint density at radius 1 is 1.00 bits per heavy atom. The van der Waals surface area contributed by atoms with Gasteiger partial charge in [-0.15, -0.1) is 0 Å². The number of aryl methyl sites for hydroxylation is 1. The number of aromatic nitrogens is 1. The summed E-state index contributed by atoms with van der Waals surface area (Å²) in [6.07, 6.45) is 0.684. The van der Waals surface area contributed by atoms with Gasteiger partial charge in [-0.25, -0.2) is 0 Å². The molecule has 7 nitrogen and oxygen atoms in total. The predicted molar refractivity (Wildman–Crippen MR) is 115 cm³/mol. The highest BCUT2D eigenvalue weighted by molar-refractivity contribution is 6.00.